The average Bonchev–Trinajstić information content (AvgIpc) is 3.53. The highest BCUT2D eigenvalue weighted by molar-refractivity contribution is 5.91. The molecule has 2 aliphatic rings. The maximum atomic E-state index is 13.2. The summed E-state index contributed by atoms with van der Waals surface area (Å²) >= 11 is 0. The van der Waals surface area contributed by atoms with Crippen molar-refractivity contribution in [3.05, 3.63) is 41.7 Å². The molecular formula is C25H30N6O4. The van der Waals surface area contributed by atoms with Crippen LogP contribution < -0.4 is 5.32 Å². The Morgan fingerprint density at radius 2 is 1.94 bits per heavy atom. The molecule has 0 radical (unpaired) electrons. The molecule has 2 aromatic rings. The number of nitriles is 1. The van der Waals surface area contributed by atoms with E-state index >= 15 is 0 Å². The monoisotopic (exact) mass is 478 g/mol. The van der Waals surface area contributed by atoms with Gasteiger partial charge in [-0.1, -0.05) is 17.3 Å². The van der Waals surface area contributed by atoms with Crippen LogP contribution in [0.1, 0.15) is 63.0 Å². The molecule has 2 heterocycles. The molecule has 1 saturated heterocycles. The van der Waals surface area contributed by atoms with Crippen molar-refractivity contribution in [1.29, 1.82) is 5.26 Å². The van der Waals surface area contributed by atoms with E-state index in [2.05, 4.69) is 21.7 Å². The molecule has 1 aliphatic carbocycles. The number of benzene rings is 1. The van der Waals surface area contributed by atoms with Gasteiger partial charge in [-0.25, -0.2) is 9.48 Å². The van der Waals surface area contributed by atoms with Gasteiger partial charge in [0.2, 0.25) is 5.91 Å². The molecule has 4 atom stereocenters. The Morgan fingerprint density at radius 3 is 2.54 bits per heavy atom. The number of hydrogen-bond donors (Lipinski definition) is 1. The van der Waals surface area contributed by atoms with Gasteiger partial charge in [-0.15, -0.1) is 5.10 Å². The van der Waals surface area contributed by atoms with Crippen molar-refractivity contribution in [2.45, 2.75) is 77.1 Å². The number of carbonyl (C=O) groups excluding carboxylic acids is 3. The lowest BCUT2D eigenvalue weighted by Gasteiger charge is -2.35. The number of nitrogens with one attached hydrogen (secondary N) is 1. The molecule has 184 valence electrons. The summed E-state index contributed by atoms with van der Waals surface area (Å²) in [5.74, 6) is -0.402. The number of ketones is 1. The zero-order valence-electron chi connectivity index (χ0n) is 20.4. The highest BCUT2D eigenvalue weighted by atomic mass is 16.6. The number of amides is 2. The number of likely N-dealkylation sites (tertiary alicyclic amines) is 1. The van der Waals surface area contributed by atoms with Gasteiger partial charge in [0.1, 0.15) is 23.4 Å². The second-order valence-corrected chi connectivity index (χ2v) is 10.2. The van der Waals surface area contributed by atoms with Crippen LogP contribution >= 0.6 is 0 Å². The van der Waals surface area contributed by atoms with Crippen molar-refractivity contribution in [3.8, 4) is 11.8 Å². The summed E-state index contributed by atoms with van der Waals surface area (Å²) in [6.45, 7) is 6.83. The van der Waals surface area contributed by atoms with Gasteiger partial charge in [-0.3, -0.25) is 14.5 Å². The van der Waals surface area contributed by atoms with Crippen molar-refractivity contribution >= 4 is 17.8 Å². The van der Waals surface area contributed by atoms with Crippen molar-refractivity contribution in [1.82, 2.24) is 25.2 Å². The largest absolute Gasteiger partial charge is 0.444 e. The minimum atomic E-state index is -0.747. The standard InChI is InChI=1S/C25H30N6O4/c1-15(32)21-14-30(29-28-21)19-8-5-16(6-9-19)11-18(13-26)27-23(33)22-17-7-10-20(12-17)31(22)24(34)35-25(2,3)4/h5-6,8-9,14,17-18,20,22H,7,10-12H2,1-4H3,(H,27,33)/t17-,18-,20+,22-/m0/s1. The third-order valence-electron chi connectivity index (χ3n) is 6.43. The van der Waals surface area contributed by atoms with Gasteiger partial charge in [0.05, 0.1) is 18.0 Å². The number of ether oxygens (including phenoxy) is 1. The van der Waals surface area contributed by atoms with E-state index in [1.165, 1.54) is 11.6 Å². The van der Waals surface area contributed by atoms with E-state index in [1.54, 1.807) is 31.9 Å². The molecule has 2 fully saturated rings. The van der Waals surface area contributed by atoms with Crippen LogP contribution in [-0.4, -0.2) is 61.4 Å². The minimum absolute atomic E-state index is 0.000941. The predicted molar refractivity (Wildman–Crippen MR) is 126 cm³/mol. The Bertz CT molecular complexity index is 1160. The van der Waals surface area contributed by atoms with E-state index in [9.17, 15) is 19.6 Å². The van der Waals surface area contributed by atoms with Gasteiger partial charge in [0, 0.05) is 19.4 Å². The fourth-order valence-corrected chi connectivity index (χ4v) is 4.86. The van der Waals surface area contributed by atoms with Gasteiger partial charge in [-0.2, -0.15) is 5.26 Å². The predicted octanol–water partition coefficient (Wildman–Crippen LogP) is 2.81. The van der Waals surface area contributed by atoms with Crippen LogP contribution in [0.5, 0.6) is 0 Å². The SMILES string of the molecule is CC(=O)c1cn(-c2ccc(C[C@@H](C#N)NC(=O)[C@@H]3[C@H]4CC[C@H](C4)N3C(=O)OC(C)(C)C)cc2)nn1. The van der Waals surface area contributed by atoms with Gasteiger partial charge >= 0.3 is 6.09 Å². The Balaban J connectivity index is 1.41. The number of fused-ring (bicyclic) bond motifs is 2. The number of nitrogens with zero attached hydrogens (tertiary/aromatic N) is 5. The first-order valence-electron chi connectivity index (χ1n) is 11.8. The van der Waals surface area contributed by atoms with Crippen LogP contribution in [0.2, 0.25) is 0 Å². The van der Waals surface area contributed by atoms with E-state index in [1.807, 2.05) is 24.3 Å². The molecule has 2 bridgehead atoms. The molecule has 10 heteroatoms. The molecule has 1 aromatic heterocycles. The molecule has 0 unspecified atom stereocenters. The molecule has 2 amide bonds. The summed E-state index contributed by atoms with van der Waals surface area (Å²) in [5, 5.41) is 20.3. The first-order chi connectivity index (χ1) is 16.6. The molecular weight excluding hydrogens is 448 g/mol. The lowest BCUT2D eigenvalue weighted by atomic mass is 9.97. The quantitative estimate of drug-likeness (QED) is 0.632. The summed E-state index contributed by atoms with van der Waals surface area (Å²) in [6.07, 6.45) is 3.92. The minimum Gasteiger partial charge on any atom is -0.444 e. The van der Waals surface area contributed by atoms with Crippen LogP contribution in [0.15, 0.2) is 30.5 Å². The zero-order chi connectivity index (χ0) is 25.3. The molecule has 10 nitrogen and oxygen atoms in total. The second-order valence-electron chi connectivity index (χ2n) is 10.2. The maximum Gasteiger partial charge on any atom is 0.411 e. The second kappa shape index (κ2) is 9.49. The number of piperidine rings is 1. The summed E-state index contributed by atoms with van der Waals surface area (Å²) in [6, 6.07) is 8.09. The summed E-state index contributed by atoms with van der Waals surface area (Å²) in [7, 11) is 0. The molecule has 1 aromatic carbocycles. The number of hydrogen-bond acceptors (Lipinski definition) is 7. The highest BCUT2D eigenvalue weighted by Gasteiger charge is 2.52. The average molecular weight is 479 g/mol. The maximum absolute atomic E-state index is 13.2. The first-order valence-corrected chi connectivity index (χ1v) is 11.8. The van der Waals surface area contributed by atoms with Crippen molar-refractivity contribution in [2.75, 3.05) is 0 Å². The fraction of sp³-hybridized carbons (Fsp3) is 0.520. The third kappa shape index (κ3) is 5.34. The third-order valence-corrected chi connectivity index (χ3v) is 6.43. The molecule has 0 spiro atoms. The van der Waals surface area contributed by atoms with Crippen LogP contribution in [0.3, 0.4) is 0 Å². The Kier molecular flexibility index (Phi) is 6.61. The number of aromatic nitrogens is 3. The van der Waals surface area contributed by atoms with Gasteiger partial charge in [-0.05, 0) is 63.6 Å². The Morgan fingerprint density at radius 1 is 1.23 bits per heavy atom. The molecule has 1 aliphatic heterocycles. The van der Waals surface area contributed by atoms with Crippen molar-refractivity contribution in [3.63, 3.8) is 0 Å². The van der Waals surface area contributed by atoms with E-state index in [4.69, 9.17) is 4.74 Å². The normalized spacial score (nSPS) is 21.9. The smallest absolute Gasteiger partial charge is 0.411 e. The topological polar surface area (TPSA) is 130 Å². The number of carbonyl (C=O) groups is 3. The van der Waals surface area contributed by atoms with Gasteiger partial charge in [0.15, 0.2) is 5.78 Å². The van der Waals surface area contributed by atoms with E-state index in [-0.39, 0.29) is 29.3 Å². The Hall–Kier alpha value is -3.74. The highest BCUT2D eigenvalue weighted by Crippen LogP contribution is 2.43. The summed E-state index contributed by atoms with van der Waals surface area (Å²) < 4.78 is 7.06. The van der Waals surface area contributed by atoms with Crippen LogP contribution in [0.25, 0.3) is 5.69 Å². The molecule has 4 rings (SSSR count). The number of rotatable bonds is 6. The molecule has 35 heavy (non-hydrogen) atoms. The van der Waals surface area contributed by atoms with Gasteiger partial charge < -0.3 is 10.1 Å². The lowest BCUT2D eigenvalue weighted by molar-refractivity contribution is -0.128. The molecule has 1 saturated carbocycles. The van der Waals surface area contributed by atoms with Crippen LogP contribution in [0.4, 0.5) is 4.79 Å². The summed E-state index contributed by atoms with van der Waals surface area (Å²) in [5.41, 5.74) is 1.20. The summed E-state index contributed by atoms with van der Waals surface area (Å²) in [4.78, 5) is 39.0. The molecule has 1 N–H and O–H groups in total. The van der Waals surface area contributed by atoms with E-state index in [0.29, 0.717) is 6.42 Å². The van der Waals surface area contributed by atoms with E-state index < -0.39 is 23.8 Å². The number of Topliss-reactive ketones (excluding diaryl/α,β-unsaturated/α-hetero) is 1. The lowest BCUT2D eigenvalue weighted by Crippen LogP contribution is -2.55. The Labute approximate surface area is 204 Å². The van der Waals surface area contributed by atoms with E-state index in [0.717, 1.165) is 30.5 Å². The van der Waals surface area contributed by atoms with Crippen LogP contribution in [-0.2, 0) is 16.0 Å². The van der Waals surface area contributed by atoms with Gasteiger partial charge in [0.25, 0.3) is 0 Å². The van der Waals surface area contributed by atoms with Crippen LogP contribution in [0, 0.1) is 17.2 Å². The van der Waals surface area contributed by atoms with Crippen molar-refractivity contribution in [2.24, 2.45) is 5.92 Å². The first kappa shape index (κ1) is 24.4. The zero-order valence-corrected chi connectivity index (χ0v) is 20.4. The van der Waals surface area contributed by atoms with Crippen molar-refractivity contribution < 1.29 is 19.1 Å². The fourth-order valence-electron chi connectivity index (χ4n) is 4.86.